The molecular formula is C12H24N2O4. The minimum Gasteiger partial charge on any atom is -0.480 e. The van der Waals surface area contributed by atoms with E-state index < -0.39 is 17.6 Å². The molecule has 0 heterocycles. The summed E-state index contributed by atoms with van der Waals surface area (Å²) >= 11 is 0. The number of aliphatic carboxylic acids is 1. The van der Waals surface area contributed by atoms with Crippen LogP contribution in [0.2, 0.25) is 0 Å². The number of hydrogen-bond donors (Lipinski definition) is 3. The summed E-state index contributed by atoms with van der Waals surface area (Å²) in [6.07, 6.45) is 1.71. The van der Waals surface area contributed by atoms with Crippen molar-refractivity contribution in [3.63, 3.8) is 0 Å². The smallest absolute Gasteiger partial charge is 0.326 e. The van der Waals surface area contributed by atoms with Gasteiger partial charge in [-0.05, 0) is 33.1 Å². The van der Waals surface area contributed by atoms with E-state index in [9.17, 15) is 9.59 Å². The predicted molar refractivity (Wildman–Crippen MR) is 68.2 cm³/mol. The van der Waals surface area contributed by atoms with Gasteiger partial charge in [0.05, 0.1) is 0 Å². The third kappa shape index (κ3) is 8.95. The largest absolute Gasteiger partial charge is 0.480 e. The highest BCUT2D eigenvalue weighted by atomic mass is 16.5. The lowest BCUT2D eigenvalue weighted by Crippen LogP contribution is -2.42. The monoisotopic (exact) mass is 260 g/mol. The Morgan fingerprint density at radius 3 is 2.50 bits per heavy atom. The van der Waals surface area contributed by atoms with Gasteiger partial charge < -0.3 is 20.9 Å². The van der Waals surface area contributed by atoms with Crippen molar-refractivity contribution in [1.29, 1.82) is 0 Å². The molecule has 1 amide bonds. The molecule has 0 aromatic rings. The zero-order valence-corrected chi connectivity index (χ0v) is 11.4. The van der Waals surface area contributed by atoms with Crippen LogP contribution in [0.5, 0.6) is 0 Å². The lowest BCUT2D eigenvalue weighted by molar-refractivity contribution is -0.142. The number of rotatable bonds is 9. The molecule has 0 bridgehead atoms. The number of nitrogens with two attached hydrogens (primary N) is 1. The van der Waals surface area contributed by atoms with Gasteiger partial charge in [-0.1, -0.05) is 0 Å². The molecule has 1 unspecified atom stereocenters. The van der Waals surface area contributed by atoms with Gasteiger partial charge >= 0.3 is 5.97 Å². The Morgan fingerprint density at radius 2 is 2.06 bits per heavy atom. The second-order valence-electron chi connectivity index (χ2n) is 5.08. The predicted octanol–water partition coefficient (Wildman–Crippen LogP) is 0.500. The van der Waals surface area contributed by atoms with Crippen LogP contribution in [0.3, 0.4) is 0 Å². The number of carbonyl (C=O) groups is 2. The van der Waals surface area contributed by atoms with E-state index in [0.29, 0.717) is 25.9 Å². The number of carboxylic acids is 1. The highest BCUT2D eigenvalue weighted by molar-refractivity contribution is 5.83. The van der Waals surface area contributed by atoms with Crippen LogP contribution in [-0.2, 0) is 14.3 Å². The molecule has 0 spiro atoms. The average molecular weight is 260 g/mol. The van der Waals surface area contributed by atoms with E-state index in [-0.39, 0.29) is 12.3 Å². The Bertz CT molecular complexity index is 274. The Morgan fingerprint density at radius 1 is 1.44 bits per heavy atom. The molecule has 6 heteroatoms. The summed E-state index contributed by atoms with van der Waals surface area (Å²) in [6.45, 7) is 4.14. The molecule has 18 heavy (non-hydrogen) atoms. The molecular weight excluding hydrogens is 236 g/mol. The fourth-order valence-corrected chi connectivity index (χ4v) is 1.39. The second kappa shape index (κ2) is 8.05. The lowest BCUT2D eigenvalue weighted by atomic mass is 10.00. The number of nitrogens with one attached hydrogen (secondary N) is 1. The average Bonchev–Trinajstić information content (AvgIpc) is 2.24. The Kier molecular flexibility index (Phi) is 7.54. The number of carbonyl (C=O) groups excluding carboxylic acids is 1. The molecule has 0 aliphatic carbocycles. The van der Waals surface area contributed by atoms with E-state index in [4.69, 9.17) is 15.6 Å². The fourth-order valence-electron chi connectivity index (χ4n) is 1.39. The minimum absolute atomic E-state index is 0.234. The van der Waals surface area contributed by atoms with E-state index in [1.54, 1.807) is 7.11 Å². The normalized spacial score (nSPS) is 13.1. The summed E-state index contributed by atoms with van der Waals surface area (Å²) in [5.74, 6) is -1.30. The van der Waals surface area contributed by atoms with E-state index >= 15 is 0 Å². The topological polar surface area (TPSA) is 102 Å². The maximum atomic E-state index is 11.6. The maximum absolute atomic E-state index is 11.6. The molecule has 106 valence electrons. The van der Waals surface area contributed by atoms with E-state index in [2.05, 4.69) is 5.32 Å². The van der Waals surface area contributed by atoms with E-state index in [1.807, 2.05) is 13.8 Å². The van der Waals surface area contributed by atoms with Crippen LogP contribution < -0.4 is 11.1 Å². The summed E-state index contributed by atoms with van der Waals surface area (Å²) in [5.41, 5.74) is 5.34. The van der Waals surface area contributed by atoms with Crippen molar-refractivity contribution >= 4 is 11.9 Å². The number of hydrogen-bond acceptors (Lipinski definition) is 4. The fraction of sp³-hybridized carbons (Fsp3) is 0.833. The number of amides is 1. The van der Waals surface area contributed by atoms with Crippen LogP contribution in [0.25, 0.3) is 0 Å². The van der Waals surface area contributed by atoms with Gasteiger partial charge in [0.25, 0.3) is 0 Å². The second-order valence-corrected chi connectivity index (χ2v) is 5.08. The molecule has 4 N–H and O–H groups in total. The zero-order chi connectivity index (χ0) is 14.2. The summed E-state index contributed by atoms with van der Waals surface area (Å²) < 4.78 is 4.85. The van der Waals surface area contributed by atoms with Gasteiger partial charge in [0.1, 0.15) is 6.04 Å². The van der Waals surface area contributed by atoms with Gasteiger partial charge in [-0.3, -0.25) is 4.79 Å². The molecule has 0 radical (unpaired) electrons. The summed E-state index contributed by atoms with van der Waals surface area (Å²) in [5, 5.41) is 11.5. The summed E-state index contributed by atoms with van der Waals surface area (Å²) in [6, 6.07) is -0.853. The van der Waals surface area contributed by atoms with Crippen LogP contribution in [0, 0.1) is 0 Å². The maximum Gasteiger partial charge on any atom is 0.326 e. The Hall–Kier alpha value is -1.14. The van der Waals surface area contributed by atoms with Gasteiger partial charge in [-0.2, -0.15) is 0 Å². The minimum atomic E-state index is -1.02. The van der Waals surface area contributed by atoms with Crippen LogP contribution in [-0.4, -0.2) is 42.3 Å². The highest BCUT2D eigenvalue weighted by Crippen LogP contribution is 2.07. The molecule has 0 aliphatic heterocycles. The van der Waals surface area contributed by atoms with Crippen molar-refractivity contribution in [2.75, 3.05) is 13.7 Å². The van der Waals surface area contributed by atoms with E-state index in [1.165, 1.54) is 0 Å². The summed E-state index contributed by atoms with van der Waals surface area (Å²) in [4.78, 5) is 22.5. The third-order valence-electron chi connectivity index (χ3n) is 2.47. The van der Waals surface area contributed by atoms with Crippen molar-refractivity contribution in [1.82, 2.24) is 5.32 Å². The van der Waals surface area contributed by atoms with Gasteiger partial charge in [0, 0.05) is 25.7 Å². The summed E-state index contributed by atoms with van der Waals surface area (Å²) in [7, 11) is 1.55. The number of carboxylic acid groups (broad SMARTS) is 1. The zero-order valence-electron chi connectivity index (χ0n) is 11.4. The first kappa shape index (κ1) is 16.9. The van der Waals surface area contributed by atoms with Crippen LogP contribution in [0.15, 0.2) is 0 Å². The Labute approximate surface area is 108 Å². The molecule has 0 aromatic carbocycles. The highest BCUT2D eigenvalue weighted by Gasteiger charge is 2.20. The van der Waals surface area contributed by atoms with E-state index in [0.717, 1.165) is 0 Å². The molecule has 0 rings (SSSR count). The first-order valence-corrected chi connectivity index (χ1v) is 6.06. The standard InChI is InChI=1S/C12H24N2O4/c1-12(2,13)7-6-10(15)14-9(11(16)17)5-4-8-18-3/h9H,4-8,13H2,1-3H3,(H,14,15)(H,16,17). The molecule has 0 aliphatic rings. The molecule has 6 nitrogen and oxygen atoms in total. The number of ether oxygens (including phenoxy) is 1. The van der Waals surface area contributed by atoms with Crippen LogP contribution in [0.4, 0.5) is 0 Å². The van der Waals surface area contributed by atoms with Gasteiger partial charge in [0.15, 0.2) is 0 Å². The van der Waals surface area contributed by atoms with Crippen molar-refractivity contribution in [3.05, 3.63) is 0 Å². The van der Waals surface area contributed by atoms with Crippen molar-refractivity contribution in [2.45, 2.75) is 51.1 Å². The van der Waals surface area contributed by atoms with Gasteiger partial charge in [0.2, 0.25) is 5.91 Å². The number of methoxy groups -OCH3 is 1. The molecule has 0 saturated heterocycles. The van der Waals surface area contributed by atoms with Crippen molar-refractivity contribution in [3.8, 4) is 0 Å². The van der Waals surface area contributed by atoms with Crippen LogP contribution >= 0.6 is 0 Å². The van der Waals surface area contributed by atoms with Crippen molar-refractivity contribution < 1.29 is 19.4 Å². The SMILES string of the molecule is COCCCC(NC(=O)CCC(C)(C)N)C(=O)O. The molecule has 1 atom stereocenters. The quantitative estimate of drug-likeness (QED) is 0.524. The lowest BCUT2D eigenvalue weighted by Gasteiger charge is -2.19. The molecule has 0 saturated carbocycles. The third-order valence-corrected chi connectivity index (χ3v) is 2.47. The van der Waals surface area contributed by atoms with Gasteiger partial charge in [-0.25, -0.2) is 4.79 Å². The Balaban J connectivity index is 4.08. The van der Waals surface area contributed by atoms with Crippen LogP contribution in [0.1, 0.15) is 39.5 Å². The first-order valence-electron chi connectivity index (χ1n) is 6.06. The first-order chi connectivity index (χ1) is 8.26. The molecule has 0 aromatic heterocycles. The van der Waals surface area contributed by atoms with Gasteiger partial charge in [-0.15, -0.1) is 0 Å². The van der Waals surface area contributed by atoms with Crippen molar-refractivity contribution in [2.24, 2.45) is 5.73 Å². The molecule has 0 fully saturated rings.